The van der Waals surface area contributed by atoms with Crippen LogP contribution in [0.1, 0.15) is 29.7 Å². The van der Waals surface area contributed by atoms with Gasteiger partial charge >= 0.3 is 8.25 Å². The summed E-state index contributed by atoms with van der Waals surface area (Å²) in [7, 11) is -0.948. The second-order valence-corrected chi connectivity index (χ2v) is 1.80. The van der Waals surface area contributed by atoms with Crippen molar-refractivity contribution in [3.63, 3.8) is 0 Å². The molecule has 0 bridgehead atoms. The monoisotopic (exact) mass is 203 g/mol. The third kappa shape index (κ3) is 32.5. The molecule has 0 amide bonds. The maximum atomic E-state index is 9.74. The maximum absolute atomic E-state index is 9.74. The van der Waals surface area contributed by atoms with Crippen molar-refractivity contribution in [3.8, 4) is 0 Å². The molecule has 0 aliphatic heterocycles. The van der Waals surface area contributed by atoms with Gasteiger partial charge in [0.15, 0.2) is 0 Å². The van der Waals surface area contributed by atoms with E-state index in [9.17, 15) is 4.57 Å². The fraction of sp³-hybridized carbons (Fsp3) is 1.00. The lowest BCUT2D eigenvalue weighted by Crippen LogP contribution is -1.95. The lowest BCUT2D eigenvalue weighted by molar-refractivity contribution is 0.143. The fourth-order valence-electron chi connectivity index (χ4n) is 0.199. The molecule has 1 unspecified atom stereocenters. The van der Waals surface area contributed by atoms with Crippen molar-refractivity contribution in [2.24, 2.45) is 0 Å². The molecule has 5 heteroatoms. The van der Waals surface area contributed by atoms with Crippen LogP contribution in [0.4, 0.5) is 0 Å². The molecule has 0 aliphatic carbocycles. The highest BCUT2D eigenvalue weighted by Gasteiger charge is 2.09. The number of ether oxygens (including phenoxy) is 1. The minimum Gasteiger partial charge on any atom is -0.382 e. The van der Waals surface area contributed by atoms with Gasteiger partial charge in [-0.1, -0.05) is 29.7 Å². The smallest absolute Gasteiger partial charge is 0.382 e. The Labute approximate surface area is 77.9 Å². The highest BCUT2D eigenvalue weighted by molar-refractivity contribution is 7.32. The van der Waals surface area contributed by atoms with E-state index in [1.807, 2.05) is 0 Å². The molecule has 12 heavy (non-hydrogen) atoms. The lowest BCUT2D eigenvalue weighted by atomic mass is 10.8. The fourth-order valence-corrected chi connectivity index (χ4v) is 0.429. The van der Waals surface area contributed by atoms with E-state index in [-0.39, 0.29) is 36.3 Å². The van der Waals surface area contributed by atoms with Gasteiger partial charge in [-0.25, -0.2) is 0 Å². The summed E-state index contributed by atoms with van der Waals surface area (Å²) in [5.41, 5.74) is 0. The molecular weight excluding hydrogens is 179 g/mol. The molecule has 0 saturated carbocycles. The van der Waals surface area contributed by atoms with Crippen molar-refractivity contribution in [3.05, 3.63) is 0 Å². The Morgan fingerprint density at radius 3 is 1.83 bits per heavy atom. The molecule has 0 spiro atoms. The molecule has 1 N–H and O–H groups in total. The topological polar surface area (TPSA) is 55.8 Å². The van der Waals surface area contributed by atoms with Gasteiger partial charge in [0, 0.05) is 11.7 Å². The summed E-state index contributed by atoms with van der Waals surface area (Å²) < 4.78 is 18.5. The zero-order valence-corrected chi connectivity index (χ0v) is 5.43. The first-order valence-corrected chi connectivity index (χ1v) is 3.18. The molecule has 0 aromatic heterocycles. The van der Waals surface area contributed by atoms with Crippen molar-refractivity contribution in [1.82, 2.24) is 0 Å². The molecule has 0 rings (SSSR count). The Morgan fingerprint density at radius 2 is 1.58 bits per heavy atom. The summed E-state index contributed by atoms with van der Waals surface area (Å²) in [5.74, 6) is 0. The SMILES string of the molecule is C.C.C.C.COCCO[P+](=O)O. The molecule has 0 aliphatic rings. The van der Waals surface area contributed by atoms with Gasteiger partial charge in [-0.3, -0.25) is 0 Å². The zero-order chi connectivity index (χ0) is 6.41. The van der Waals surface area contributed by atoms with Gasteiger partial charge in [0.25, 0.3) is 0 Å². The van der Waals surface area contributed by atoms with Crippen molar-refractivity contribution in [2.75, 3.05) is 20.3 Å². The third-order valence-corrected chi connectivity index (χ3v) is 0.893. The van der Waals surface area contributed by atoms with Crippen molar-refractivity contribution < 1.29 is 18.7 Å². The van der Waals surface area contributed by atoms with Gasteiger partial charge in [0.1, 0.15) is 6.61 Å². The third-order valence-electron chi connectivity index (χ3n) is 0.489. The number of rotatable bonds is 4. The number of hydrogen-bond donors (Lipinski definition) is 1. The number of methoxy groups -OCH3 is 1. The second-order valence-electron chi connectivity index (χ2n) is 1.06. The van der Waals surface area contributed by atoms with Crippen LogP contribution in [0, 0.1) is 0 Å². The van der Waals surface area contributed by atoms with E-state index in [1.54, 1.807) is 0 Å². The van der Waals surface area contributed by atoms with Gasteiger partial charge in [0.05, 0.1) is 6.61 Å². The van der Waals surface area contributed by atoms with E-state index in [0.717, 1.165) is 0 Å². The Bertz CT molecular complexity index is 77.8. The first-order valence-electron chi connectivity index (χ1n) is 2.05. The molecule has 4 nitrogen and oxygen atoms in total. The quantitative estimate of drug-likeness (QED) is 0.563. The molecule has 0 aromatic rings. The molecule has 80 valence electrons. The van der Waals surface area contributed by atoms with E-state index in [2.05, 4.69) is 9.26 Å². The molecule has 0 saturated heterocycles. The van der Waals surface area contributed by atoms with Crippen LogP contribution < -0.4 is 0 Å². The van der Waals surface area contributed by atoms with Crippen LogP contribution in [0.15, 0.2) is 0 Å². The van der Waals surface area contributed by atoms with E-state index < -0.39 is 8.25 Å². The van der Waals surface area contributed by atoms with Gasteiger partial charge < -0.3 is 4.74 Å². The Hall–Kier alpha value is -0.0200. The van der Waals surface area contributed by atoms with Crippen molar-refractivity contribution >= 4 is 8.25 Å². The summed E-state index contributed by atoms with van der Waals surface area (Å²) in [5, 5.41) is 0. The lowest BCUT2D eigenvalue weighted by Gasteiger charge is -1.86. The van der Waals surface area contributed by atoms with Gasteiger partial charge in [0.2, 0.25) is 0 Å². The van der Waals surface area contributed by atoms with Gasteiger partial charge in [-0.2, -0.15) is 0 Å². The van der Waals surface area contributed by atoms with Crippen LogP contribution in [0.2, 0.25) is 0 Å². The van der Waals surface area contributed by atoms with Crippen LogP contribution in [-0.4, -0.2) is 25.2 Å². The standard InChI is InChI=1S/C3H7O4P.4CH4/c1-6-2-3-7-8(4)5;;;;/h2-3H2,1H3;4*1H4/p+1. The maximum Gasteiger partial charge on any atom is 0.694 e. The highest BCUT2D eigenvalue weighted by Crippen LogP contribution is 2.12. The van der Waals surface area contributed by atoms with Crippen LogP contribution in [0.5, 0.6) is 0 Å². The van der Waals surface area contributed by atoms with Crippen molar-refractivity contribution in [1.29, 1.82) is 0 Å². The summed E-state index contributed by atoms with van der Waals surface area (Å²) in [4.78, 5) is 8.01. The van der Waals surface area contributed by atoms with E-state index in [0.29, 0.717) is 6.61 Å². The van der Waals surface area contributed by atoms with Crippen LogP contribution in [0.25, 0.3) is 0 Å². The summed E-state index contributed by atoms with van der Waals surface area (Å²) in [6, 6.07) is 0. The van der Waals surface area contributed by atoms with Crippen LogP contribution in [0.3, 0.4) is 0 Å². The van der Waals surface area contributed by atoms with Gasteiger partial charge in [-0.05, 0) is 0 Å². The van der Waals surface area contributed by atoms with Gasteiger partial charge in [-0.15, -0.1) is 9.42 Å². The Morgan fingerprint density at radius 1 is 1.17 bits per heavy atom. The predicted octanol–water partition coefficient (Wildman–Crippen LogP) is 2.84. The first kappa shape index (κ1) is 29.6. The van der Waals surface area contributed by atoms with Crippen LogP contribution in [-0.2, 0) is 13.8 Å². The Balaban J connectivity index is -0.0000000408. The summed E-state index contributed by atoms with van der Waals surface area (Å²) in [6.45, 7) is 0.518. The molecule has 0 fully saturated rings. The minimum absolute atomic E-state index is 0. The van der Waals surface area contributed by atoms with Crippen LogP contribution >= 0.6 is 8.25 Å². The van der Waals surface area contributed by atoms with E-state index in [4.69, 9.17) is 4.89 Å². The normalized spacial score (nSPS) is 7.67. The average Bonchev–Trinajstić information content (AvgIpc) is 1.66. The van der Waals surface area contributed by atoms with E-state index in [1.165, 1.54) is 7.11 Å². The predicted molar refractivity (Wildman–Crippen MR) is 54.6 cm³/mol. The van der Waals surface area contributed by atoms with E-state index >= 15 is 0 Å². The van der Waals surface area contributed by atoms with Crippen molar-refractivity contribution in [2.45, 2.75) is 29.7 Å². The summed E-state index contributed by atoms with van der Waals surface area (Å²) >= 11 is 0. The highest BCUT2D eigenvalue weighted by atomic mass is 31.1. The largest absolute Gasteiger partial charge is 0.694 e. The molecule has 0 aromatic carbocycles. The average molecular weight is 203 g/mol. The zero-order valence-electron chi connectivity index (χ0n) is 4.53. The first-order chi connectivity index (χ1) is 3.77. The molecule has 0 radical (unpaired) electrons. The second kappa shape index (κ2) is 22.4. The molecule has 1 atom stereocenters. The Kier molecular flexibility index (Phi) is 55.5. The minimum atomic E-state index is -2.44. The molecular formula is C7H24O4P+. The summed E-state index contributed by atoms with van der Waals surface area (Å²) in [6.07, 6.45) is 0. The number of hydrogen-bond acceptors (Lipinski definition) is 3. The molecule has 0 heterocycles.